The number of halogens is 2. The van der Waals surface area contributed by atoms with Crippen molar-refractivity contribution >= 4 is 29.2 Å². The van der Waals surface area contributed by atoms with Crippen molar-refractivity contribution in [1.29, 1.82) is 0 Å². The number of esters is 1. The van der Waals surface area contributed by atoms with E-state index in [1.54, 1.807) is 36.4 Å². The highest BCUT2D eigenvalue weighted by Gasteiger charge is 2.35. The van der Waals surface area contributed by atoms with Crippen molar-refractivity contribution in [2.75, 3.05) is 6.61 Å². The number of nitrogens with zero attached hydrogens (tertiary/aromatic N) is 1. The van der Waals surface area contributed by atoms with E-state index in [9.17, 15) is 4.79 Å². The van der Waals surface area contributed by atoms with Gasteiger partial charge >= 0.3 is 5.97 Å². The Hall–Kier alpha value is -2.68. The van der Waals surface area contributed by atoms with Gasteiger partial charge in [-0.1, -0.05) is 62.9 Å². The first kappa shape index (κ1) is 27.6. The summed E-state index contributed by atoms with van der Waals surface area (Å²) in [5.74, 6) is 3.16. The maximum absolute atomic E-state index is 13.2. The lowest BCUT2D eigenvalue weighted by atomic mass is 9.77. The average molecular weight is 504 g/mol. The summed E-state index contributed by atoms with van der Waals surface area (Å²) in [7, 11) is 0. The molecule has 3 atom stereocenters. The summed E-state index contributed by atoms with van der Waals surface area (Å²) in [5, 5.41) is 0. The molecule has 0 aliphatic rings. The maximum Gasteiger partial charge on any atom is 0.311 e. The van der Waals surface area contributed by atoms with E-state index in [-0.39, 0.29) is 22.2 Å². The minimum atomic E-state index is -0.971. The molecule has 1 aromatic heterocycles. The van der Waals surface area contributed by atoms with Crippen LogP contribution in [0.5, 0.6) is 17.4 Å². The molecular weight excluding hydrogens is 473 g/mol. The van der Waals surface area contributed by atoms with E-state index in [1.165, 1.54) is 0 Å². The first-order valence-electron chi connectivity index (χ1n) is 11.2. The van der Waals surface area contributed by atoms with Crippen molar-refractivity contribution in [3.63, 3.8) is 0 Å². The van der Waals surface area contributed by atoms with Crippen LogP contribution in [-0.2, 0) is 9.53 Å². The fraction of sp³-hybridized carbons (Fsp3) is 0.407. The highest BCUT2D eigenvalue weighted by Crippen LogP contribution is 2.34. The number of carbonyl (C=O) groups is 1. The van der Waals surface area contributed by atoms with Crippen LogP contribution >= 0.6 is 23.2 Å². The van der Waals surface area contributed by atoms with Gasteiger partial charge in [-0.05, 0) is 61.1 Å². The Morgan fingerprint density at radius 3 is 2.24 bits per heavy atom. The number of pyridine rings is 1. The molecule has 0 saturated heterocycles. The van der Waals surface area contributed by atoms with Crippen LogP contribution in [-0.4, -0.2) is 17.6 Å². The fourth-order valence-electron chi connectivity index (χ4n) is 3.63. The predicted molar refractivity (Wildman–Crippen MR) is 136 cm³/mol. The van der Waals surface area contributed by atoms with Crippen molar-refractivity contribution in [1.82, 2.24) is 4.98 Å². The molecular formula is C27H31Cl2NO4. The molecule has 0 amide bonds. The van der Waals surface area contributed by atoms with Gasteiger partial charge in [-0.2, -0.15) is 0 Å². The molecule has 5 nitrogen and oxygen atoms in total. The van der Waals surface area contributed by atoms with E-state index < -0.39 is 18.0 Å². The third kappa shape index (κ3) is 7.97. The van der Waals surface area contributed by atoms with E-state index in [1.807, 2.05) is 46.8 Å². The van der Waals surface area contributed by atoms with E-state index in [2.05, 4.69) is 10.9 Å². The number of allylic oxidation sites excluding steroid dienone is 1. The van der Waals surface area contributed by atoms with Gasteiger partial charge in [0.15, 0.2) is 0 Å². The lowest BCUT2D eigenvalue weighted by Gasteiger charge is -2.30. The molecule has 182 valence electrons. The van der Waals surface area contributed by atoms with Crippen LogP contribution in [0.15, 0.2) is 53.0 Å². The molecule has 2 rings (SSSR count). The Bertz CT molecular complexity index is 1010. The van der Waals surface area contributed by atoms with Gasteiger partial charge in [0.1, 0.15) is 16.0 Å². The van der Waals surface area contributed by atoms with Gasteiger partial charge in [-0.3, -0.25) is 4.79 Å². The van der Waals surface area contributed by atoms with Crippen molar-refractivity contribution in [3.05, 3.63) is 58.7 Å². The van der Waals surface area contributed by atoms with Crippen LogP contribution < -0.4 is 9.47 Å². The Morgan fingerprint density at radius 2 is 1.71 bits per heavy atom. The Labute approximate surface area is 212 Å². The lowest BCUT2D eigenvalue weighted by Crippen LogP contribution is -2.33. The zero-order valence-corrected chi connectivity index (χ0v) is 21.6. The number of rotatable bonds is 11. The largest absolute Gasteiger partial charge is 0.494 e. The Morgan fingerprint density at radius 1 is 1.06 bits per heavy atom. The third-order valence-electron chi connectivity index (χ3n) is 5.25. The van der Waals surface area contributed by atoms with E-state index >= 15 is 0 Å². The average Bonchev–Trinajstić information content (AvgIpc) is 2.78. The Balaban J connectivity index is 2.21. The summed E-state index contributed by atoms with van der Waals surface area (Å²) < 4.78 is 17.1. The number of terminal acetylenes is 1. The molecule has 1 heterocycles. The number of benzene rings is 1. The Kier molecular flexibility index (Phi) is 10.8. The highest BCUT2D eigenvalue weighted by molar-refractivity contribution is 6.55. The summed E-state index contributed by atoms with van der Waals surface area (Å²) in [4.78, 5) is 17.7. The normalized spacial score (nSPS) is 13.5. The molecule has 3 unspecified atom stereocenters. The van der Waals surface area contributed by atoms with Crippen molar-refractivity contribution in [2.24, 2.45) is 23.7 Å². The molecule has 1 aromatic carbocycles. The maximum atomic E-state index is 13.2. The van der Waals surface area contributed by atoms with Gasteiger partial charge < -0.3 is 14.2 Å². The molecule has 2 aromatic rings. The zero-order chi connectivity index (χ0) is 25.3. The monoisotopic (exact) mass is 503 g/mol. The van der Waals surface area contributed by atoms with Gasteiger partial charge in [0, 0.05) is 6.07 Å². The first-order valence-corrected chi connectivity index (χ1v) is 12.0. The highest BCUT2D eigenvalue weighted by atomic mass is 35.5. The molecule has 0 N–H and O–H groups in total. The summed E-state index contributed by atoms with van der Waals surface area (Å²) in [6.45, 7) is 10.4. The summed E-state index contributed by atoms with van der Waals surface area (Å²) in [5.41, 5.74) is 0.397. The molecule has 0 aliphatic heterocycles. The number of carbonyl (C=O) groups excluding carboxylic acids is 1. The van der Waals surface area contributed by atoms with Crippen LogP contribution in [0.2, 0.25) is 0 Å². The number of hydrogen-bond donors (Lipinski definition) is 0. The molecule has 0 spiro atoms. The molecule has 0 aliphatic carbocycles. The minimum absolute atomic E-state index is 0.0236. The van der Waals surface area contributed by atoms with E-state index in [0.717, 1.165) is 5.75 Å². The summed E-state index contributed by atoms with van der Waals surface area (Å²) in [6.07, 6.45) is 6.43. The van der Waals surface area contributed by atoms with E-state index in [4.69, 9.17) is 43.8 Å². The molecule has 0 fully saturated rings. The first-order chi connectivity index (χ1) is 16.2. The van der Waals surface area contributed by atoms with Crippen molar-refractivity contribution in [3.8, 4) is 29.7 Å². The van der Waals surface area contributed by atoms with Crippen LogP contribution in [0.3, 0.4) is 0 Å². The summed E-state index contributed by atoms with van der Waals surface area (Å²) >= 11 is 11.8. The molecule has 0 radical (unpaired) electrons. The molecule has 7 heteroatoms. The second-order valence-corrected chi connectivity index (χ2v) is 9.45. The smallest absolute Gasteiger partial charge is 0.311 e. The van der Waals surface area contributed by atoms with Crippen LogP contribution in [0.1, 0.15) is 46.4 Å². The zero-order valence-electron chi connectivity index (χ0n) is 20.1. The second kappa shape index (κ2) is 13.3. The number of ether oxygens (including phenoxy) is 3. The van der Waals surface area contributed by atoms with Crippen LogP contribution in [0.4, 0.5) is 0 Å². The van der Waals surface area contributed by atoms with Gasteiger partial charge in [-0.25, -0.2) is 4.98 Å². The van der Waals surface area contributed by atoms with Crippen molar-refractivity contribution < 1.29 is 19.0 Å². The standard InChI is InChI=1S/C27H31Cl2NO4/c1-7-23(34-27(31)26(18(5)6)21(17(3)4)16-24(28)29)22-10-9-11-25(30-22)33-20-14-12-19(13-15-20)32-8-2/h1,9-18,21,23,26H,8H2,2-6H3. The van der Waals surface area contributed by atoms with Gasteiger partial charge in [0.25, 0.3) is 0 Å². The quantitative estimate of drug-likeness (QED) is 0.237. The topological polar surface area (TPSA) is 57.7 Å². The lowest BCUT2D eigenvalue weighted by molar-refractivity contribution is -0.155. The third-order valence-corrected chi connectivity index (χ3v) is 5.50. The SMILES string of the molecule is C#CC(OC(=O)C(C(C)C)C(C=C(Cl)Cl)C(C)C)c1cccc(Oc2ccc(OCC)cc2)n1. The van der Waals surface area contributed by atoms with Crippen LogP contribution in [0, 0.1) is 36.0 Å². The fourth-order valence-corrected chi connectivity index (χ4v) is 3.92. The van der Waals surface area contributed by atoms with Crippen molar-refractivity contribution in [2.45, 2.75) is 40.7 Å². The number of hydrogen-bond acceptors (Lipinski definition) is 5. The van der Waals surface area contributed by atoms with E-state index in [0.29, 0.717) is 23.9 Å². The predicted octanol–water partition coefficient (Wildman–Crippen LogP) is 7.35. The van der Waals surface area contributed by atoms with Gasteiger partial charge in [-0.15, -0.1) is 6.42 Å². The van der Waals surface area contributed by atoms with Gasteiger partial charge in [0.05, 0.1) is 18.2 Å². The van der Waals surface area contributed by atoms with Crippen LogP contribution in [0.25, 0.3) is 0 Å². The summed E-state index contributed by atoms with van der Waals surface area (Å²) in [6, 6.07) is 12.3. The molecule has 34 heavy (non-hydrogen) atoms. The van der Waals surface area contributed by atoms with Gasteiger partial charge in [0.2, 0.25) is 12.0 Å². The minimum Gasteiger partial charge on any atom is -0.494 e. The molecule has 0 saturated carbocycles. The second-order valence-electron chi connectivity index (χ2n) is 8.44. The molecule has 0 bridgehead atoms. The number of aromatic nitrogens is 1.